The Bertz CT molecular complexity index is 1660. The van der Waals surface area contributed by atoms with Gasteiger partial charge in [-0.15, -0.1) is 0 Å². The van der Waals surface area contributed by atoms with Crippen LogP contribution in [0.3, 0.4) is 0 Å². The van der Waals surface area contributed by atoms with Gasteiger partial charge in [-0.25, -0.2) is 9.38 Å². The number of aromatic nitrogens is 1. The highest BCUT2D eigenvalue weighted by Crippen LogP contribution is 2.36. The van der Waals surface area contributed by atoms with Crippen LogP contribution in [0, 0.1) is 5.82 Å². The summed E-state index contributed by atoms with van der Waals surface area (Å²) in [5, 5.41) is 11.5. The van der Waals surface area contributed by atoms with Crippen LogP contribution in [0.25, 0.3) is 10.9 Å². The van der Waals surface area contributed by atoms with Crippen molar-refractivity contribution in [2.45, 2.75) is 0 Å². The predicted octanol–water partition coefficient (Wildman–Crippen LogP) is 4.63. The quantitative estimate of drug-likeness (QED) is 0.337. The highest BCUT2D eigenvalue weighted by molar-refractivity contribution is 6.22. The molecule has 0 aliphatic carbocycles. The lowest BCUT2D eigenvalue weighted by Gasteiger charge is -2.32. The van der Waals surface area contributed by atoms with E-state index in [0.717, 1.165) is 31.9 Å². The van der Waals surface area contributed by atoms with E-state index in [2.05, 4.69) is 21.8 Å². The summed E-state index contributed by atoms with van der Waals surface area (Å²) in [5.41, 5.74) is 3.34. The molecule has 1 saturated heterocycles. The van der Waals surface area contributed by atoms with Crippen LogP contribution in [-0.2, 0) is 4.79 Å². The topological polar surface area (TPSA) is 93.6 Å². The lowest BCUT2D eigenvalue weighted by atomic mass is 10.00. The zero-order valence-electron chi connectivity index (χ0n) is 22.8. The van der Waals surface area contributed by atoms with Crippen LogP contribution < -0.4 is 14.4 Å². The van der Waals surface area contributed by atoms with Crippen molar-refractivity contribution in [3.63, 3.8) is 0 Å². The van der Waals surface area contributed by atoms with E-state index in [4.69, 9.17) is 14.5 Å². The second-order valence-electron chi connectivity index (χ2n) is 10.2. The third-order valence-corrected chi connectivity index (χ3v) is 7.45. The molecule has 0 spiro atoms. The van der Waals surface area contributed by atoms with E-state index in [1.54, 1.807) is 30.1 Å². The maximum Gasteiger partial charge on any atom is 0.240 e. The van der Waals surface area contributed by atoms with Gasteiger partial charge in [0.05, 0.1) is 29.0 Å². The number of hydrogen-bond acceptors (Lipinski definition) is 7. The van der Waals surface area contributed by atoms with E-state index < -0.39 is 5.82 Å². The largest absolute Gasteiger partial charge is 0.494 e. The summed E-state index contributed by atoms with van der Waals surface area (Å²) >= 11 is 0. The monoisotopic (exact) mass is 555 g/mol. The minimum Gasteiger partial charge on any atom is -0.494 e. The van der Waals surface area contributed by atoms with Gasteiger partial charge in [-0.2, -0.15) is 0 Å². The Morgan fingerprint density at radius 3 is 2.49 bits per heavy atom. The Morgan fingerprint density at radius 2 is 1.73 bits per heavy atom. The van der Waals surface area contributed by atoms with Gasteiger partial charge in [0.15, 0.2) is 17.4 Å². The number of aliphatic imine (C=N–C) groups is 1. The Kier molecular flexibility index (Phi) is 7.17. The first-order chi connectivity index (χ1) is 19.9. The molecule has 210 valence electrons. The number of nitrogens with zero attached hydrogens (tertiary/aromatic N) is 4. The Hall–Kier alpha value is -4.67. The van der Waals surface area contributed by atoms with Crippen molar-refractivity contribution in [1.29, 1.82) is 0 Å². The van der Waals surface area contributed by atoms with Crippen molar-refractivity contribution in [3.8, 4) is 17.4 Å². The second-order valence-corrected chi connectivity index (χ2v) is 10.2. The van der Waals surface area contributed by atoms with Crippen molar-refractivity contribution in [2.24, 2.45) is 4.99 Å². The van der Waals surface area contributed by atoms with Gasteiger partial charge in [0.1, 0.15) is 18.3 Å². The van der Waals surface area contributed by atoms with Crippen molar-refractivity contribution in [1.82, 2.24) is 14.8 Å². The highest BCUT2D eigenvalue weighted by atomic mass is 19.1. The maximum atomic E-state index is 13.9. The lowest BCUT2D eigenvalue weighted by Crippen LogP contribution is -2.48. The molecule has 9 nitrogen and oxygen atoms in total. The molecule has 1 amide bonds. The van der Waals surface area contributed by atoms with Crippen molar-refractivity contribution in [3.05, 3.63) is 90.1 Å². The van der Waals surface area contributed by atoms with Crippen molar-refractivity contribution >= 4 is 33.9 Å². The SMILES string of the molecule is CN1CCN(CC(=O)N(C)c2ccc(N=C(c3ccc4c(c3)OC=CO4)c3c(O)[nH]c4cc(F)ccc34)cc2)CC1. The molecular weight excluding hydrogens is 525 g/mol. The summed E-state index contributed by atoms with van der Waals surface area (Å²) in [6.45, 7) is 4.01. The highest BCUT2D eigenvalue weighted by Gasteiger charge is 2.22. The average Bonchev–Trinajstić information content (AvgIpc) is 3.31. The number of nitrogens with one attached hydrogen (secondary N) is 1. The number of H-pyrrole nitrogens is 1. The molecule has 0 unspecified atom stereocenters. The molecule has 0 atom stereocenters. The first-order valence-electron chi connectivity index (χ1n) is 13.4. The maximum absolute atomic E-state index is 13.9. The third kappa shape index (κ3) is 5.52. The fraction of sp³-hybridized carbons (Fsp3) is 0.226. The van der Waals surface area contributed by atoms with Crippen LogP contribution in [0.1, 0.15) is 11.1 Å². The number of carbonyl (C=O) groups excluding carboxylic acids is 1. The van der Waals surface area contributed by atoms with Gasteiger partial charge in [-0.05, 0) is 67.7 Å². The van der Waals surface area contributed by atoms with Gasteiger partial charge in [0.2, 0.25) is 5.91 Å². The number of piperazine rings is 1. The summed E-state index contributed by atoms with van der Waals surface area (Å²) in [4.78, 5) is 26.8. The van der Waals surface area contributed by atoms with Crippen LogP contribution in [0.2, 0.25) is 0 Å². The first kappa shape index (κ1) is 26.5. The second kappa shape index (κ2) is 11.1. The molecule has 41 heavy (non-hydrogen) atoms. The van der Waals surface area contributed by atoms with Crippen LogP contribution in [0.5, 0.6) is 17.4 Å². The summed E-state index contributed by atoms with van der Waals surface area (Å²) < 4.78 is 25.1. The normalized spacial score (nSPS) is 15.8. The molecule has 2 aliphatic rings. The molecule has 3 aromatic carbocycles. The number of likely N-dealkylation sites (N-methyl/N-ethyl adjacent to an activating group) is 2. The van der Waals surface area contributed by atoms with Crippen LogP contribution in [-0.4, -0.2) is 78.3 Å². The number of fused-ring (bicyclic) bond motifs is 2. The molecule has 1 fully saturated rings. The van der Waals surface area contributed by atoms with Crippen LogP contribution in [0.15, 0.2) is 78.2 Å². The van der Waals surface area contributed by atoms with E-state index in [-0.39, 0.29) is 11.8 Å². The molecule has 10 heteroatoms. The fourth-order valence-corrected chi connectivity index (χ4v) is 5.03. The van der Waals surface area contributed by atoms with Gasteiger partial charge >= 0.3 is 0 Å². The molecule has 0 saturated carbocycles. The van der Waals surface area contributed by atoms with Crippen molar-refractivity contribution in [2.75, 3.05) is 51.7 Å². The molecular formula is C31H30FN5O4. The summed E-state index contributed by atoms with van der Waals surface area (Å²) in [7, 11) is 3.86. The summed E-state index contributed by atoms with van der Waals surface area (Å²) in [5.74, 6) is 0.517. The molecule has 0 radical (unpaired) electrons. The van der Waals surface area contributed by atoms with Crippen molar-refractivity contribution < 1.29 is 23.8 Å². The van der Waals surface area contributed by atoms with Gasteiger partial charge in [0.25, 0.3) is 0 Å². The zero-order valence-corrected chi connectivity index (χ0v) is 22.8. The molecule has 3 heterocycles. The minimum atomic E-state index is -0.420. The lowest BCUT2D eigenvalue weighted by molar-refractivity contribution is -0.119. The fourth-order valence-electron chi connectivity index (χ4n) is 5.03. The van der Waals surface area contributed by atoms with Gasteiger partial charge < -0.3 is 29.4 Å². The number of aromatic amines is 1. The molecule has 1 aromatic heterocycles. The summed E-state index contributed by atoms with van der Waals surface area (Å²) in [6.07, 6.45) is 2.89. The molecule has 6 rings (SSSR count). The van der Waals surface area contributed by atoms with E-state index in [1.165, 1.54) is 24.7 Å². The van der Waals surface area contributed by atoms with E-state index in [0.29, 0.717) is 51.5 Å². The number of ether oxygens (including phenoxy) is 2. The zero-order chi connectivity index (χ0) is 28.5. The predicted molar refractivity (Wildman–Crippen MR) is 156 cm³/mol. The first-order valence-corrected chi connectivity index (χ1v) is 13.4. The molecule has 2 aliphatic heterocycles. The number of aromatic hydroxyl groups is 1. The van der Waals surface area contributed by atoms with Crippen LogP contribution in [0.4, 0.5) is 15.8 Å². The third-order valence-electron chi connectivity index (χ3n) is 7.45. The number of carbonyl (C=O) groups is 1. The Balaban J connectivity index is 1.33. The smallest absolute Gasteiger partial charge is 0.240 e. The standard InChI is InChI=1S/C31H30FN5O4/c1-35-11-13-37(14-12-35)19-28(38)36(2)23-7-5-22(6-8-23)33-30(20-3-10-26-27(17-20)41-16-15-40-26)29-24-9-4-21(32)18-25(24)34-31(29)39/h3-10,15-18,34,39H,11-14,19H2,1-2H3. The van der Waals surface area contributed by atoms with E-state index in [1.807, 2.05) is 30.3 Å². The molecule has 4 aromatic rings. The van der Waals surface area contributed by atoms with Gasteiger partial charge in [-0.3, -0.25) is 9.69 Å². The Morgan fingerprint density at radius 1 is 1.00 bits per heavy atom. The average molecular weight is 556 g/mol. The summed E-state index contributed by atoms with van der Waals surface area (Å²) in [6, 6.07) is 17.0. The van der Waals surface area contributed by atoms with Gasteiger partial charge in [-0.1, -0.05) is 0 Å². The van der Waals surface area contributed by atoms with E-state index in [9.17, 15) is 14.3 Å². The number of benzene rings is 3. The number of halogens is 1. The number of amides is 1. The van der Waals surface area contributed by atoms with Gasteiger partial charge in [0, 0.05) is 49.9 Å². The number of hydrogen-bond donors (Lipinski definition) is 2. The Labute approximate surface area is 236 Å². The van der Waals surface area contributed by atoms with Crippen LogP contribution >= 0.6 is 0 Å². The number of rotatable bonds is 6. The number of anilines is 1. The molecule has 2 N–H and O–H groups in total. The van der Waals surface area contributed by atoms with E-state index >= 15 is 0 Å². The molecule has 0 bridgehead atoms. The minimum absolute atomic E-state index is 0.0211.